The van der Waals surface area contributed by atoms with Gasteiger partial charge in [-0.2, -0.15) is 0 Å². The smallest absolute Gasteiger partial charge is 0.257 e. The molecule has 1 aliphatic rings. The van der Waals surface area contributed by atoms with Crippen LogP contribution < -0.4 is 0 Å². The van der Waals surface area contributed by atoms with Crippen molar-refractivity contribution in [2.75, 3.05) is 13.1 Å². The number of aryl methyl sites for hydroxylation is 1. The molecule has 1 fully saturated rings. The van der Waals surface area contributed by atoms with E-state index in [2.05, 4.69) is 5.92 Å². The van der Waals surface area contributed by atoms with Gasteiger partial charge < -0.3 is 4.90 Å². The fraction of sp³-hybridized carbons (Fsp3) is 0.400. The Balaban J connectivity index is 2.33. The lowest BCUT2D eigenvalue weighted by molar-refractivity contribution is 0.0719. The average Bonchev–Trinajstić information content (AvgIpc) is 2.38. The summed E-state index contributed by atoms with van der Waals surface area (Å²) in [7, 11) is 0. The molecule has 3 heteroatoms. The number of terminal acetylenes is 1. The van der Waals surface area contributed by atoms with Crippen molar-refractivity contribution in [3.8, 4) is 12.3 Å². The second kappa shape index (κ2) is 5.22. The maximum atomic E-state index is 14.0. The van der Waals surface area contributed by atoms with E-state index >= 15 is 0 Å². The summed E-state index contributed by atoms with van der Waals surface area (Å²) >= 11 is 0. The summed E-state index contributed by atoms with van der Waals surface area (Å²) in [5, 5.41) is 0. The monoisotopic (exact) mass is 245 g/mol. The number of amides is 1. The van der Waals surface area contributed by atoms with Gasteiger partial charge in [-0.1, -0.05) is 5.92 Å². The first-order valence-corrected chi connectivity index (χ1v) is 6.19. The molecular weight excluding hydrogens is 229 g/mol. The third-order valence-corrected chi connectivity index (χ3v) is 3.31. The molecule has 2 rings (SSSR count). The molecule has 1 heterocycles. The lowest BCUT2D eigenvalue weighted by Gasteiger charge is -2.27. The highest BCUT2D eigenvalue weighted by Gasteiger charge is 2.23. The molecule has 0 aromatic heterocycles. The van der Waals surface area contributed by atoms with E-state index in [-0.39, 0.29) is 11.5 Å². The third-order valence-electron chi connectivity index (χ3n) is 3.31. The van der Waals surface area contributed by atoms with Crippen LogP contribution in [0, 0.1) is 25.1 Å². The van der Waals surface area contributed by atoms with Crippen molar-refractivity contribution >= 4 is 5.91 Å². The van der Waals surface area contributed by atoms with Crippen molar-refractivity contribution in [1.82, 2.24) is 4.90 Å². The minimum atomic E-state index is -0.515. The topological polar surface area (TPSA) is 20.3 Å². The van der Waals surface area contributed by atoms with E-state index in [1.54, 1.807) is 17.9 Å². The van der Waals surface area contributed by atoms with Crippen LogP contribution >= 0.6 is 0 Å². The van der Waals surface area contributed by atoms with Crippen molar-refractivity contribution in [2.45, 2.75) is 26.2 Å². The number of likely N-dealkylation sites (tertiary alicyclic amines) is 1. The normalized spacial score (nSPS) is 15.3. The number of carbonyl (C=O) groups excluding carboxylic acids is 1. The predicted octanol–water partition coefficient (Wildman–Crippen LogP) is 2.74. The molecule has 0 radical (unpaired) electrons. The summed E-state index contributed by atoms with van der Waals surface area (Å²) < 4.78 is 14.0. The van der Waals surface area contributed by atoms with E-state index < -0.39 is 5.82 Å². The number of hydrogen-bond donors (Lipinski definition) is 0. The van der Waals surface area contributed by atoms with E-state index in [4.69, 9.17) is 6.42 Å². The molecule has 1 aliphatic heterocycles. The maximum absolute atomic E-state index is 14.0. The molecule has 1 aromatic rings. The van der Waals surface area contributed by atoms with Crippen molar-refractivity contribution in [3.63, 3.8) is 0 Å². The van der Waals surface area contributed by atoms with Gasteiger partial charge in [-0.3, -0.25) is 4.79 Å². The Labute approximate surface area is 107 Å². The zero-order chi connectivity index (χ0) is 13.1. The van der Waals surface area contributed by atoms with E-state index in [1.807, 2.05) is 0 Å². The van der Waals surface area contributed by atoms with Crippen LogP contribution in [0.25, 0.3) is 0 Å². The zero-order valence-electron chi connectivity index (χ0n) is 10.5. The van der Waals surface area contributed by atoms with Gasteiger partial charge in [0.05, 0.1) is 5.56 Å². The van der Waals surface area contributed by atoms with E-state index in [0.717, 1.165) is 19.3 Å². The van der Waals surface area contributed by atoms with E-state index in [9.17, 15) is 9.18 Å². The first-order chi connectivity index (χ1) is 8.63. The number of benzene rings is 1. The molecule has 0 aliphatic carbocycles. The van der Waals surface area contributed by atoms with Crippen LogP contribution in [0.3, 0.4) is 0 Å². The highest BCUT2D eigenvalue weighted by atomic mass is 19.1. The van der Waals surface area contributed by atoms with Gasteiger partial charge >= 0.3 is 0 Å². The SMILES string of the molecule is C#Cc1cc(C)c(C(=O)N2CCCCC2)c(F)c1. The molecule has 0 saturated carbocycles. The first-order valence-electron chi connectivity index (χ1n) is 6.19. The summed E-state index contributed by atoms with van der Waals surface area (Å²) in [6.07, 6.45) is 8.37. The van der Waals surface area contributed by atoms with Crippen LogP contribution in [-0.2, 0) is 0 Å². The van der Waals surface area contributed by atoms with Gasteiger partial charge in [0.15, 0.2) is 0 Å². The minimum Gasteiger partial charge on any atom is -0.339 e. The first kappa shape index (κ1) is 12.6. The average molecular weight is 245 g/mol. The molecule has 2 nitrogen and oxygen atoms in total. The number of piperidine rings is 1. The quantitative estimate of drug-likeness (QED) is 0.697. The summed E-state index contributed by atoms with van der Waals surface area (Å²) in [4.78, 5) is 14.0. The van der Waals surface area contributed by atoms with Gasteiger partial charge in [-0.05, 0) is 43.9 Å². The summed E-state index contributed by atoms with van der Waals surface area (Å²) in [6, 6.07) is 2.93. The van der Waals surface area contributed by atoms with Crippen LogP contribution in [0.15, 0.2) is 12.1 Å². The van der Waals surface area contributed by atoms with Crippen LogP contribution in [0.2, 0.25) is 0 Å². The Morgan fingerprint density at radius 1 is 1.33 bits per heavy atom. The van der Waals surface area contributed by atoms with Crippen molar-refractivity contribution in [3.05, 3.63) is 34.6 Å². The number of nitrogens with zero attached hydrogens (tertiary/aromatic N) is 1. The Morgan fingerprint density at radius 2 is 2.00 bits per heavy atom. The van der Waals surface area contributed by atoms with Gasteiger partial charge in [0.1, 0.15) is 5.82 Å². The fourth-order valence-corrected chi connectivity index (χ4v) is 2.35. The van der Waals surface area contributed by atoms with Crippen molar-refractivity contribution in [1.29, 1.82) is 0 Å². The molecule has 0 atom stereocenters. The van der Waals surface area contributed by atoms with E-state index in [1.165, 1.54) is 6.07 Å². The molecule has 94 valence electrons. The number of hydrogen-bond acceptors (Lipinski definition) is 1. The second-order valence-electron chi connectivity index (χ2n) is 4.65. The Hall–Kier alpha value is -1.82. The molecule has 0 bridgehead atoms. The standard InChI is InChI=1S/C15H16FNO/c1-3-12-9-11(2)14(13(16)10-12)15(18)17-7-5-4-6-8-17/h1,9-10H,4-8H2,2H3. The number of rotatable bonds is 1. The van der Waals surface area contributed by atoms with Crippen LogP contribution in [-0.4, -0.2) is 23.9 Å². The predicted molar refractivity (Wildman–Crippen MR) is 68.8 cm³/mol. The van der Waals surface area contributed by atoms with Crippen molar-refractivity contribution < 1.29 is 9.18 Å². The summed E-state index contributed by atoms with van der Waals surface area (Å²) in [6.45, 7) is 3.16. The highest BCUT2D eigenvalue weighted by molar-refractivity contribution is 5.96. The van der Waals surface area contributed by atoms with Crippen LogP contribution in [0.1, 0.15) is 40.7 Å². The van der Waals surface area contributed by atoms with Gasteiger partial charge in [-0.25, -0.2) is 4.39 Å². The van der Waals surface area contributed by atoms with Gasteiger partial charge in [-0.15, -0.1) is 6.42 Å². The zero-order valence-corrected chi connectivity index (χ0v) is 10.5. The summed E-state index contributed by atoms with van der Waals surface area (Å²) in [5.41, 5.74) is 1.25. The molecule has 0 unspecified atom stereocenters. The lowest BCUT2D eigenvalue weighted by Crippen LogP contribution is -2.36. The molecule has 1 amide bonds. The minimum absolute atomic E-state index is 0.163. The van der Waals surface area contributed by atoms with E-state index in [0.29, 0.717) is 24.2 Å². The Bertz CT molecular complexity index is 487. The molecule has 0 N–H and O–H groups in total. The van der Waals surface area contributed by atoms with Gasteiger partial charge in [0, 0.05) is 18.7 Å². The largest absolute Gasteiger partial charge is 0.339 e. The molecular formula is C15H16FNO. The molecule has 1 aromatic carbocycles. The Morgan fingerprint density at radius 3 is 2.56 bits per heavy atom. The van der Waals surface area contributed by atoms with Crippen LogP contribution in [0.4, 0.5) is 4.39 Å². The van der Waals surface area contributed by atoms with Crippen LogP contribution in [0.5, 0.6) is 0 Å². The maximum Gasteiger partial charge on any atom is 0.257 e. The number of carbonyl (C=O) groups is 1. The van der Waals surface area contributed by atoms with Gasteiger partial charge in [0.25, 0.3) is 5.91 Å². The van der Waals surface area contributed by atoms with Gasteiger partial charge in [0.2, 0.25) is 0 Å². The molecule has 0 spiro atoms. The summed E-state index contributed by atoms with van der Waals surface area (Å²) in [5.74, 6) is 1.66. The number of halogens is 1. The Kier molecular flexibility index (Phi) is 3.66. The second-order valence-corrected chi connectivity index (χ2v) is 4.65. The molecule has 18 heavy (non-hydrogen) atoms. The highest BCUT2D eigenvalue weighted by Crippen LogP contribution is 2.20. The fourth-order valence-electron chi connectivity index (χ4n) is 2.35. The van der Waals surface area contributed by atoms with Crippen molar-refractivity contribution in [2.24, 2.45) is 0 Å². The molecule has 1 saturated heterocycles. The third kappa shape index (κ3) is 2.38. The lowest BCUT2D eigenvalue weighted by atomic mass is 10.0.